The number of hydrogen-bond donors (Lipinski definition) is 1. The van der Waals surface area contributed by atoms with Crippen molar-refractivity contribution in [1.29, 1.82) is 0 Å². The van der Waals surface area contributed by atoms with Crippen LogP contribution in [0.25, 0.3) is 11.0 Å². The zero-order valence-electron chi connectivity index (χ0n) is 13.7. The Morgan fingerprint density at radius 2 is 2.13 bits per heavy atom. The molecular formula is C17H23N3O2S. The minimum atomic E-state index is -3.48. The van der Waals surface area contributed by atoms with Crippen LogP contribution in [-0.4, -0.2) is 24.5 Å². The third-order valence-corrected chi connectivity index (χ3v) is 5.97. The molecule has 124 valence electrons. The summed E-state index contributed by atoms with van der Waals surface area (Å²) in [6.45, 7) is 2.36. The first kappa shape index (κ1) is 16.2. The van der Waals surface area contributed by atoms with Crippen molar-refractivity contribution in [3.05, 3.63) is 35.7 Å². The van der Waals surface area contributed by atoms with Crippen molar-refractivity contribution in [2.75, 3.05) is 6.54 Å². The Labute approximate surface area is 137 Å². The van der Waals surface area contributed by atoms with Gasteiger partial charge in [0.15, 0.2) is 0 Å². The number of nitrogens with zero attached hydrogens (tertiary/aromatic N) is 2. The molecule has 1 aromatic carbocycles. The van der Waals surface area contributed by atoms with E-state index in [1.165, 1.54) is 18.4 Å². The summed E-state index contributed by atoms with van der Waals surface area (Å²) in [4.78, 5) is 4.68. The van der Waals surface area contributed by atoms with Crippen LogP contribution < -0.4 is 4.72 Å². The lowest BCUT2D eigenvalue weighted by molar-refractivity contribution is 0.579. The standard InChI is InChI=1S/C17H23N3O2S/c1-13-19-16-12-15(8-9-17(16)20(13)2)23(21,22)18-11-10-14-6-4-3-5-7-14/h6,8-9,12,18H,3-5,7,10-11H2,1-2H3. The van der Waals surface area contributed by atoms with Gasteiger partial charge in [-0.15, -0.1) is 0 Å². The van der Waals surface area contributed by atoms with Gasteiger partial charge >= 0.3 is 0 Å². The van der Waals surface area contributed by atoms with Crippen molar-refractivity contribution in [1.82, 2.24) is 14.3 Å². The lowest BCUT2D eigenvalue weighted by Gasteiger charge is -2.13. The average Bonchev–Trinajstić information content (AvgIpc) is 2.82. The van der Waals surface area contributed by atoms with Crippen molar-refractivity contribution >= 4 is 21.1 Å². The molecule has 23 heavy (non-hydrogen) atoms. The number of rotatable bonds is 5. The first-order valence-electron chi connectivity index (χ1n) is 8.08. The molecule has 1 aliphatic rings. The van der Waals surface area contributed by atoms with Gasteiger partial charge in [0.2, 0.25) is 10.0 Å². The van der Waals surface area contributed by atoms with Crippen molar-refractivity contribution in [2.45, 2.75) is 43.9 Å². The van der Waals surface area contributed by atoms with Gasteiger partial charge in [-0.1, -0.05) is 11.6 Å². The van der Waals surface area contributed by atoms with Gasteiger partial charge in [0.1, 0.15) is 5.82 Å². The highest BCUT2D eigenvalue weighted by Crippen LogP contribution is 2.21. The van der Waals surface area contributed by atoms with Gasteiger partial charge in [-0.3, -0.25) is 0 Å². The van der Waals surface area contributed by atoms with Crippen LogP contribution in [0, 0.1) is 6.92 Å². The number of imidazole rings is 1. The molecule has 1 aliphatic carbocycles. The maximum Gasteiger partial charge on any atom is 0.240 e. The normalized spacial score (nSPS) is 15.8. The van der Waals surface area contributed by atoms with Crippen molar-refractivity contribution in [3.8, 4) is 0 Å². The Balaban J connectivity index is 1.72. The molecule has 6 heteroatoms. The van der Waals surface area contributed by atoms with Crippen LogP contribution in [0.2, 0.25) is 0 Å². The van der Waals surface area contributed by atoms with Crippen molar-refractivity contribution in [2.24, 2.45) is 7.05 Å². The molecule has 0 amide bonds. The van der Waals surface area contributed by atoms with E-state index in [4.69, 9.17) is 0 Å². The number of fused-ring (bicyclic) bond motifs is 1. The van der Waals surface area contributed by atoms with E-state index in [2.05, 4.69) is 15.8 Å². The van der Waals surface area contributed by atoms with Crippen LogP contribution in [0.1, 0.15) is 37.9 Å². The number of aryl methyl sites for hydroxylation is 2. The fourth-order valence-corrected chi connectivity index (χ4v) is 4.08. The van der Waals surface area contributed by atoms with Gasteiger partial charge in [-0.25, -0.2) is 18.1 Å². The molecule has 0 bridgehead atoms. The second kappa shape index (κ2) is 6.45. The molecular weight excluding hydrogens is 310 g/mol. The molecule has 2 aromatic rings. The van der Waals surface area contributed by atoms with Crippen LogP contribution in [0.15, 0.2) is 34.7 Å². The predicted octanol–water partition coefficient (Wildman–Crippen LogP) is 3.05. The molecule has 1 aromatic heterocycles. The SMILES string of the molecule is Cc1nc2cc(S(=O)(=O)NCCC3=CCCCC3)ccc2n1C. The molecule has 0 fully saturated rings. The third-order valence-electron chi connectivity index (χ3n) is 4.51. The molecule has 0 atom stereocenters. The van der Waals surface area contributed by atoms with Gasteiger partial charge in [0.25, 0.3) is 0 Å². The smallest absolute Gasteiger partial charge is 0.240 e. The van der Waals surface area contributed by atoms with E-state index in [9.17, 15) is 8.42 Å². The Kier molecular flexibility index (Phi) is 4.55. The summed E-state index contributed by atoms with van der Waals surface area (Å²) < 4.78 is 29.5. The van der Waals surface area contributed by atoms with E-state index in [0.29, 0.717) is 12.1 Å². The summed E-state index contributed by atoms with van der Waals surface area (Å²) in [7, 11) is -1.56. The lowest BCUT2D eigenvalue weighted by atomic mass is 9.97. The Bertz CT molecular complexity index is 850. The van der Waals surface area contributed by atoms with E-state index in [0.717, 1.165) is 30.6 Å². The number of aromatic nitrogens is 2. The van der Waals surface area contributed by atoms with E-state index in [1.807, 2.05) is 24.6 Å². The molecule has 0 spiro atoms. The average molecular weight is 333 g/mol. The van der Waals surface area contributed by atoms with Crippen molar-refractivity contribution < 1.29 is 8.42 Å². The molecule has 0 aliphatic heterocycles. The number of sulfonamides is 1. The van der Waals surface area contributed by atoms with Gasteiger partial charge in [0, 0.05) is 13.6 Å². The summed E-state index contributed by atoms with van der Waals surface area (Å²) in [6.07, 6.45) is 7.73. The van der Waals surface area contributed by atoms with Gasteiger partial charge in [-0.2, -0.15) is 0 Å². The lowest BCUT2D eigenvalue weighted by Crippen LogP contribution is -2.25. The highest BCUT2D eigenvalue weighted by Gasteiger charge is 2.16. The number of hydrogen-bond acceptors (Lipinski definition) is 3. The molecule has 0 radical (unpaired) electrons. The quantitative estimate of drug-likeness (QED) is 0.855. The van der Waals surface area contributed by atoms with E-state index in [1.54, 1.807) is 12.1 Å². The Hall–Kier alpha value is -1.66. The number of nitrogens with one attached hydrogen (secondary N) is 1. The minimum Gasteiger partial charge on any atom is -0.331 e. The molecule has 0 saturated heterocycles. The second-order valence-electron chi connectivity index (χ2n) is 6.12. The summed E-state index contributed by atoms with van der Waals surface area (Å²) in [5.41, 5.74) is 3.02. The highest BCUT2D eigenvalue weighted by molar-refractivity contribution is 7.89. The summed E-state index contributed by atoms with van der Waals surface area (Å²) in [6, 6.07) is 5.10. The minimum absolute atomic E-state index is 0.278. The molecule has 1 heterocycles. The topological polar surface area (TPSA) is 64.0 Å². The van der Waals surface area contributed by atoms with Crippen LogP contribution >= 0.6 is 0 Å². The molecule has 1 N–H and O–H groups in total. The monoisotopic (exact) mass is 333 g/mol. The van der Waals surface area contributed by atoms with Gasteiger partial charge in [-0.05, 0) is 57.2 Å². The third kappa shape index (κ3) is 3.48. The highest BCUT2D eigenvalue weighted by atomic mass is 32.2. The Morgan fingerprint density at radius 3 is 2.87 bits per heavy atom. The number of benzene rings is 1. The fraction of sp³-hybridized carbons (Fsp3) is 0.471. The van der Waals surface area contributed by atoms with E-state index < -0.39 is 10.0 Å². The van der Waals surface area contributed by atoms with Crippen molar-refractivity contribution in [3.63, 3.8) is 0 Å². The first-order valence-corrected chi connectivity index (χ1v) is 9.56. The van der Waals surface area contributed by atoms with Gasteiger partial charge in [0.05, 0.1) is 15.9 Å². The van der Waals surface area contributed by atoms with Crippen LogP contribution in [0.4, 0.5) is 0 Å². The molecule has 0 unspecified atom stereocenters. The zero-order valence-corrected chi connectivity index (χ0v) is 14.5. The predicted molar refractivity (Wildman–Crippen MR) is 91.8 cm³/mol. The van der Waals surface area contributed by atoms with Gasteiger partial charge < -0.3 is 4.57 Å². The Morgan fingerprint density at radius 1 is 1.30 bits per heavy atom. The van der Waals surface area contributed by atoms with E-state index >= 15 is 0 Å². The second-order valence-corrected chi connectivity index (χ2v) is 7.89. The molecule has 3 rings (SSSR count). The number of allylic oxidation sites excluding steroid dienone is 1. The first-order chi connectivity index (χ1) is 11.0. The summed E-state index contributed by atoms with van der Waals surface area (Å²) in [5, 5.41) is 0. The summed E-state index contributed by atoms with van der Waals surface area (Å²) in [5.74, 6) is 0.867. The summed E-state index contributed by atoms with van der Waals surface area (Å²) >= 11 is 0. The van der Waals surface area contributed by atoms with Crippen LogP contribution in [-0.2, 0) is 17.1 Å². The fourth-order valence-electron chi connectivity index (χ4n) is 3.03. The molecule has 0 saturated carbocycles. The zero-order chi connectivity index (χ0) is 16.4. The largest absolute Gasteiger partial charge is 0.331 e. The molecule has 5 nitrogen and oxygen atoms in total. The van der Waals surface area contributed by atoms with Crippen LogP contribution in [0.3, 0.4) is 0 Å². The maximum atomic E-state index is 12.4. The maximum absolute atomic E-state index is 12.4. The van der Waals surface area contributed by atoms with E-state index in [-0.39, 0.29) is 4.90 Å². The van der Waals surface area contributed by atoms with Crippen LogP contribution in [0.5, 0.6) is 0 Å².